The van der Waals surface area contributed by atoms with Crippen molar-refractivity contribution in [2.24, 2.45) is 11.8 Å². The van der Waals surface area contributed by atoms with E-state index >= 15 is 0 Å². The summed E-state index contributed by atoms with van der Waals surface area (Å²) in [7, 11) is 0. The number of nitrogens with zero attached hydrogens (tertiary/aromatic N) is 1. The lowest BCUT2D eigenvalue weighted by molar-refractivity contribution is -0.164. The maximum absolute atomic E-state index is 12.3. The molecule has 0 spiro atoms. The van der Waals surface area contributed by atoms with E-state index in [2.05, 4.69) is 5.32 Å². The number of hydrogen-bond acceptors (Lipinski definition) is 3. The fraction of sp³-hybridized carbons (Fsp3) is 0.900. The Hall–Kier alpha value is -0.820. The summed E-state index contributed by atoms with van der Waals surface area (Å²) in [5.74, 6) is -0.935. The van der Waals surface area contributed by atoms with Crippen LogP contribution in [0.15, 0.2) is 0 Å². The highest BCUT2D eigenvalue weighted by atomic mass is 19.4. The predicted octanol–water partition coefficient (Wildman–Crippen LogP) is 0.225. The van der Waals surface area contributed by atoms with E-state index in [1.54, 1.807) is 0 Å². The number of aliphatic hydroxyl groups excluding tert-OH is 1. The van der Waals surface area contributed by atoms with Crippen molar-refractivity contribution in [2.45, 2.75) is 13.1 Å². The first-order valence-corrected chi connectivity index (χ1v) is 5.52. The van der Waals surface area contributed by atoms with Gasteiger partial charge in [-0.1, -0.05) is 6.92 Å². The van der Waals surface area contributed by atoms with Gasteiger partial charge in [0.1, 0.15) is 6.54 Å². The first kappa shape index (κ1) is 14.2. The number of carbonyl (C=O) groups excluding carboxylic acids is 1. The molecule has 0 aromatic rings. The first-order valence-electron chi connectivity index (χ1n) is 5.52. The van der Waals surface area contributed by atoms with E-state index in [1.165, 1.54) is 0 Å². The van der Waals surface area contributed by atoms with Crippen LogP contribution in [0.3, 0.4) is 0 Å². The van der Waals surface area contributed by atoms with Crippen LogP contribution in [0.2, 0.25) is 0 Å². The van der Waals surface area contributed by atoms with Gasteiger partial charge in [0, 0.05) is 13.1 Å². The van der Waals surface area contributed by atoms with Crippen LogP contribution in [0.1, 0.15) is 6.92 Å². The summed E-state index contributed by atoms with van der Waals surface area (Å²) in [5, 5.41) is 11.7. The molecule has 1 fully saturated rings. The van der Waals surface area contributed by atoms with Crippen molar-refractivity contribution in [2.75, 3.05) is 32.8 Å². The highest BCUT2D eigenvalue weighted by molar-refractivity contribution is 5.79. The minimum atomic E-state index is -4.43. The Kier molecular flexibility index (Phi) is 4.76. The van der Waals surface area contributed by atoms with Crippen LogP contribution in [0.5, 0.6) is 0 Å². The summed E-state index contributed by atoms with van der Waals surface area (Å²) in [5.41, 5.74) is 0. The van der Waals surface area contributed by atoms with Gasteiger partial charge in [0.25, 0.3) is 0 Å². The average molecular weight is 254 g/mol. The minimum absolute atomic E-state index is 0.0249. The summed E-state index contributed by atoms with van der Waals surface area (Å²) < 4.78 is 36.8. The Labute approximate surface area is 97.8 Å². The van der Waals surface area contributed by atoms with Gasteiger partial charge in [0.05, 0.1) is 12.5 Å². The van der Waals surface area contributed by atoms with Crippen molar-refractivity contribution in [3.63, 3.8) is 0 Å². The molecular weight excluding hydrogens is 237 g/mol. The van der Waals surface area contributed by atoms with E-state index < -0.39 is 31.2 Å². The van der Waals surface area contributed by atoms with E-state index in [-0.39, 0.29) is 12.5 Å². The molecule has 2 atom stereocenters. The highest BCUT2D eigenvalue weighted by Crippen LogP contribution is 2.22. The topological polar surface area (TPSA) is 52.6 Å². The molecule has 1 aliphatic rings. The monoisotopic (exact) mass is 254 g/mol. The highest BCUT2D eigenvalue weighted by Gasteiger charge is 2.38. The van der Waals surface area contributed by atoms with Crippen molar-refractivity contribution in [1.82, 2.24) is 10.2 Å². The fourth-order valence-electron chi connectivity index (χ4n) is 1.98. The Balaban J connectivity index is 2.66. The third-order valence-electron chi connectivity index (χ3n) is 2.89. The number of rotatable bonds is 4. The Morgan fingerprint density at radius 2 is 2.12 bits per heavy atom. The van der Waals surface area contributed by atoms with Crippen molar-refractivity contribution < 1.29 is 23.1 Å². The first-order chi connectivity index (χ1) is 7.85. The van der Waals surface area contributed by atoms with Crippen LogP contribution in [0.25, 0.3) is 0 Å². The quantitative estimate of drug-likeness (QED) is 0.755. The van der Waals surface area contributed by atoms with Crippen molar-refractivity contribution in [3.05, 3.63) is 0 Å². The normalized spacial score (nSPS) is 25.0. The van der Waals surface area contributed by atoms with Crippen LogP contribution in [-0.2, 0) is 4.79 Å². The standard InChI is InChI=1S/C10H17F3N2O2/c1-7-4-14-5-8(7)9(17)15(2-3-16)6-10(11,12)13/h7-8,14,16H,2-6H2,1H3. The Morgan fingerprint density at radius 1 is 1.47 bits per heavy atom. The van der Waals surface area contributed by atoms with Gasteiger partial charge in [-0.25, -0.2) is 0 Å². The number of carbonyl (C=O) groups is 1. The molecule has 1 rings (SSSR count). The average Bonchev–Trinajstić information content (AvgIpc) is 2.61. The molecular formula is C10H17F3N2O2. The van der Waals surface area contributed by atoms with E-state index in [1.807, 2.05) is 6.92 Å². The third-order valence-corrected chi connectivity index (χ3v) is 2.89. The third kappa shape index (κ3) is 4.16. The summed E-state index contributed by atoms with van der Waals surface area (Å²) in [4.78, 5) is 12.6. The van der Waals surface area contributed by atoms with Gasteiger partial charge in [0.15, 0.2) is 0 Å². The lowest BCUT2D eigenvalue weighted by Gasteiger charge is -2.27. The van der Waals surface area contributed by atoms with E-state index in [0.29, 0.717) is 18.0 Å². The summed E-state index contributed by atoms with van der Waals surface area (Å²) >= 11 is 0. The number of alkyl halides is 3. The molecule has 2 N–H and O–H groups in total. The largest absolute Gasteiger partial charge is 0.406 e. The number of hydrogen-bond donors (Lipinski definition) is 2. The number of amides is 1. The summed E-state index contributed by atoms with van der Waals surface area (Å²) in [6, 6.07) is 0. The molecule has 2 unspecified atom stereocenters. The molecule has 1 saturated heterocycles. The molecule has 1 aliphatic heterocycles. The van der Waals surface area contributed by atoms with Crippen molar-refractivity contribution in [3.8, 4) is 0 Å². The van der Waals surface area contributed by atoms with Gasteiger partial charge in [-0.05, 0) is 12.5 Å². The van der Waals surface area contributed by atoms with E-state index in [4.69, 9.17) is 5.11 Å². The van der Waals surface area contributed by atoms with Crippen LogP contribution in [0, 0.1) is 11.8 Å². The maximum atomic E-state index is 12.3. The number of aliphatic hydroxyl groups is 1. The maximum Gasteiger partial charge on any atom is 0.406 e. The molecule has 17 heavy (non-hydrogen) atoms. The molecule has 4 nitrogen and oxygen atoms in total. The molecule has 0 saturated carbocycles. The van der Waals surface area contributed by atoms with Crippen LogP contribution in [0.4, 0.5) is 13.2 Å². The van der Waals surface area contributed by atoms with Gasteiger partial charge >= 0.3 is 6.18 Å². The zero-order valence-electron chi connectivity index (χ0n) is 9.63. The smallest absolute Gasteiger partial charge is 0.395 e. The second kappa shape index (κ2) is 5.68. The second-order valence-corrected chi connectivity index (χ2v) is 4.34. The molecule has 1 heterocycles. The van der Waals surface area contributed by atoms with Crippen LogP contribution in [-0.4, -0.2) is 54.9 Å². The fourth-order valence-corrected chi connectivity index (χ4v) is 1.98. The molecule has 0 aromatic heterocycles. The molecule has 0 radical (unpaired) electrons. The SMILES string of the molecule is CC1CNCC1C(=O)N(CCO)CC(F)(F)F. The van der Waals surface area contributed by atoms with Crippen LogP contribution >= 0.6 is 0 Å². The molecule has 0 bridgehead atoms. The lowest BCUT2D eigenvalue weighted by Crippen LogP contribution is -2.45. The van der Waals surface area contributed by atoms with Gasteiger partial charge in [-0.2, -0.15) is 13.2 Å². The van der Waals surface area contributed by atoms with Crippen molar-refractivity contribution in [1.29, 1.82) is 0 Å². The molecule has 0 aliphatic carbocycles. The zero-order chi connectivity index (χ0) is 13.1. The van der Waals surface area contributed by atoms with Crippen LogP contribution < -0.4 is 5.32 Å². The molecule has 0 aromatic carbocycles. The van der Waals surface area contributed by atoms with E-state index in [9.17, 15) is 18.0 Å². The van der Waals surface area contributed by atoms with Crippen molar-refractivity contribution >= 4 is 5.91 Å². The predicted molar refractivity (Wildman–Crippen MR) is 55.2 cm³/mol. The lowest BCUT2D eigenvalue weighted by atomic mass is 9.96. The van der Waals surface area contributed by atoms with E-state index in [0.717, 1.165) is 0 Å². The summed E-state index contributed by atoms with van der Waals surface area (Å²) in [6.07, 6.45) is -4.43. The van der Waals surface area contributed by atoms with Gasteiger partial charge in [-0.3, -0.25) is 4.79 Å². The summed E-state index contributed by atoms with van der Waals surface area (Å²) in [6.45, 7) is 0.829. The zero-order valence-corrected chi connectivity index (χ0v) is 9.63. The Morgan fingerprint density at radius 3 is 2.53 bits per heavy atom. The molecule has 7 heteroatoms. The minimum Gasteiger partial charge on any atom is -0.395 e. The number of halogens is 3. The molecule has 1 amide bonds. The van der Waals surface area contributed by atoms with Gasteiger partial charge in [-0.15, -0.1) is 0 Å². The van der Waals surface area contributed by atoms with Gasteiger partial charge < -0.3 is 15.3 Å². The number of nitrogens with one attached hydrogen (secondary N) is 1. The second-order valence-electron chi connectivity index (χ2n) is 4.34. The Bertz CT molecular complexity index is 271. The van der Waals surface area contributed by atoms with Gasteiger partial charge in [0.2, 0.25) is 5.91 Å². The molecule has 100 valence electrons.